The van der Waals surface area contributed by atoms with Crippen LogP contribution in [0.1, 0.15) is 12.8 Å². The van der Waals surface area contributed by atoms with Gasteiger partial charge in [0, 0.05) is 6.54 Å². The third kappa shape index (κ3) is 7.47. The van der Waals surface area contributed by atoms with Gasteiger partial charge in [-0.25, -0.2) is 4.79 Å². The van der Waals surface area contributed by atoms with E-state index < -0.39 is 6.03 Å². The maximum atomic E-state index is 11.6. The van der Waals surface area contributed by atoms with E-state index in [1.807, 2.05) is 7.05 Å². The fourth-order valence-corrected chi connectivity index (χ4v) is 2.22. The van der Waals surface area contributed by atoms with E-state index in [4.69, 9.17) is 0 Å². The summed E-state index contributed by atoms with van der Waals surface area (Å²) in [5.41, 5.74) is 0. The van der Waals surface area contributed by atoms with Gasteiger partial charge in [0.1, 0.15) is 0 Å². The Morgan fingerprint density at radius 3 is 2.55 bits per heavy atom. The van der Waals surface area contributed by atoms with Crippen molar-refractivity contribution in [1.29, 1.82) is 0 Å². The smallest absolute Gasteiger partial charge is 0.321 e. The molecule has 3 N–H and O–H groups in total. The minimum Gasteiger partial charge on any atom is -0.334 e. The fraction of sp³-hybridized carbons (Fsp3) is 0.692. The Labute approximate surface area is 126 Å². The molecule has 6 nitrogen and oxygen atoms in total. The Morgan fingerprint density at radius 2 is 2.00 bits per heavy atom. The third-order valence-corrected chi connectivity index (χ3v) is 3.23. The molecule has 0 aromatic rings. The number of halogens is 1. The first kappa shape index (κ1) is 18.9. The van der Waals surface area contributed by atoms with Crippen LogP contribution in [0.25, 0.3) is 0 Å². The molecule has 1 rings (SSSR count). The number of carbonyl (C=O) groups is 2. The molecule has 0 unspecified atom stereocenters. The zero-order chi connectivity index (χ0) is 14.1. The summed E-state index contributed by atoms with van der Waals surface area (Å²) >= 11 is 0. The van der Waals surface area contributed by atoms with Crippen molar-refractivity contribution in [2.24, 2.45) is 5.92 Å². The van der Waals surface area contributed by atoms with Gasteiger partial charge in [-0.15, -0.1) is 19.0 Å². The lowest BCUT2D eigenvalue weighted by molar-refractivity contribution is -0.121. The molecular weight excluding hydrogens is 280 g/mol. The van der Waals surface area contributed by atoms with Crippen LogP contribution in [0, 0.1) is 5.92 Å². The van der Waals surface area contributed by atoms with Crippen LogP contribution in [-0.4, -0.2) is 56.6 Å². The Morgan fingerprint density at radius 1 is 1.35 bits per heavy atom. The number of urea groups is 1. The molecule has 1 fully saturated rings. The van der Waals surface area contributed by atoms with Crippen LogP contribution in [0.2, 0.25) is 0 Å². The summed E-state index contributed by atoms with van der Waals surface area (Å²) < 4.78 is 0. The lowest BCUT2D eigenvalue weighted by atomic mass is 9.97. The average Bonchev–Trinajstić information content (AvgIpc) is 2.39. The summed E-state index contributed by atoms with van der Waals surface area (Å²) in [7, 11) is 1.96. The lowest BCUT2D eigenvalue weighted by Crippen LogP contribution is -2.46. The van der Waals surface area contributed by atoms with E-state index in [9.17, 15) is 9.59 Å². The second-order valence-electron chi connectivity index (χ2n) is 4.82. The molecule has 0 radical (unpaired) electrons. The van der Waals surface area contributed by atoms with Gasteiger partial charge >= 0.3 is 6.03 Å². The molecule has 1 heterocycles. The molecule has 20 heavy (non-hydrogen) atoms. The highest BCUT2D eigenvalue weighted by Crippen LogP contribution is 2.15. The van der Waals surface area contributed by atoms with Crippen molar-refractivity contribution in [2.75, 3.05) is 39.8 Å². The number of amides is 3. The summed E-state index contributed by atoms with van der Waals surface area (Å²) in [4.78, 5) is 25.0. The molecule has 116 valence electrons. The van der Waals surface area contributed by atoms with Crippen molar-refractivity contribution in [3.8, 4) is 0 Å². The average molecular weight is 305 g/mol. The largest absolute Gasteiger partial charge is 0.334 e. The molecule has 0 spiro atoms. The maximum Gasteiger partial charge on any atom is 0.321 e. The van der Waals surface area contributed by atoms with Gasteiger partial charge in [-0.1, -0.05) is 6.08 Å². The van der Waals surface area contributed by atoms with Gasteiger partial charge in [-0.05, 0) is 45.4 Å². The van der Waals surface area contributed by atoms with Crippen molar-refractivity contribution in [1.82, 2.24) is 20.9 Å². The number of imide groups is 1. The van der Waals surface area contributed by atoms with Gasteiger partial charge in [0.2, 0.25) is 5.91 Å². The molecule has 1 saturated heterocycles. The SMILES string of the molecule is C=CCNC(=O)NC(=O)CN1CCC(CNC)CC1.Cl. The quantitative estimate of drug-likeness (QED) is 0.619. The topological polar surface area (TPSA) is 73.5 Å². The molecule has 0 saturated carbocycles. The fourth-order valence-electron chi connectivity index (χ4n) is 2.22. The Kier molecular flexibility index (Phi) is 10.1. The monoisotopic (exact) mass is 304 g/mol. The van der Waals surface area contributed by atoms with Crippen LogP contribution < -0.4 is 16.0 Å². The van der Waals surface area contributed by atoms with E-state index in [0.717, 1.165) is 32.5 Å². The highest BCUT2D eigenvalue weighted by atomic mass is 35.5. The molecule has 0 aliphatic carbocycles. The summed E-state index contributed by atoms with van der Waals surface area (Å²) in [5.74, 6) is 0.439. The molecule has 3 amide bonds. The standard InChI is InChI=1S/C13H24N4O2.ClH/c1-3-6-15-13(19)16-12(18)10-17-7-4-11(5-8-17)9-14-2;/h3,11,14H,1,4-10H2,2H3,(H2,15,16,18,19);1H. The number of hydrogen-bond donors (Lipinski definition) is 3. The van der Waals surface area contributed by atoms with Crippen LogP contribution >= 0.6 is 12.4 Å². The van der Waals surface area contributed by atoms with Gasteiger partial charge < -0.3 is 10.6 Å². The highest BCUT2D eigenvalue weighted by molar-refractivity contribution is 5.95. The zero-order valence-corrected chi connectivity index (χ0v) is 12.8. The number of likely N-dealkylation sites (tertiary alicyclic amines) is 1. The van der Waals surface area contributed by atoms with Crippen molar-refractivity contribution in [3.63, 3.8) is 0 Å². The van der Waals surface area contributed by atoms with Crippen molar-refractivity contribution in [2.45, 2.75) is 12.8 Å². The van der Waals surface area contributed by atoms with E-state index in [-0.39, 0.29) is 24.9 Å². The van der Waals surface area contributed by atoms with Crippen LogP contribution in [-0.2, 0) is 4.79 Å². The summed E-state index contributed by atoms with van der Waals surface area (Å²) in [5, 5.41) is 8.00. The molecule has 0 bridgehead atoms. The maximum absolute atomic E-state index is 11.6. The van der Waals surface area contributed by atoms with Crippen molar-refractivity contribution in [3.05, 3.63) is 12.7 Å². The molecule has 1 aliphatic rings. The van der Waals surface area contributed by atoms with E-state index in [0.29, 0.717) is 12.5 Å². The van der Waals surface area contributed by atoms with Gasteiger partial charge in [-0.2, -0.15) is 0 Å². The summed E-state index contributed by atoms with van der Waals surface area (Å²) in [6.45, 7) is 6.98. The lowest BCUT2D eigenvalue weighted by Gasteiger charge is -2.31. The molecule has 7 heteroatoms. The second kappa shape index (κ2) is 10.7. The van der Waals surface area contributed by atoms with Crippen molar-refractivity contribution < 1.29 is 9.59 Å². The predicted molar refractivity (Wildman–Crippen MR) is 82.1 cm³/mol. The first-order valence-corrected chi connectivity index (χ1v) is 6.71. The minimum atomic E-state index is -0.463. The number of rotatable bonds is 6. The van der Waals surface area contributed by atoms with Crippen LogP contribution in [0.15, 0.2) is 12.7 Å². The van der Waals surface area contributed by atoms with Gasteiger partial charge in [0.15, 0.2) is 0 Å². The van der Waals surface area contributed by atoms with Gasteiger partial charge in [0.05, 0.1) is 6.54 Å². The second-order valence-corrected chi connectivity index (χ2v) is 4.82. The van der Waals surface area contributed by atoms with Crippen LogP contribution in [0.3, 0.4) is 0 Å². The molecule has 0 atom stereocenters. The van der Waals surface area contributed by atoms with E-state index in [1.165, 1.54) is 0 Å². The minimum absolute atomic E-state index is 0. The Hall–Kier alpha value is -1.11. The molecule has 1 aliphatic heterocycles. The zero-order valence-electron chi connectivity index (χ0n) is 12.0. The number of nitrogens with one attached hydrogen (secondary N) is 3. The molecular formula is C13H25ClN4O2. The summed E-state index contributed by atoms with van der Waals surface area (Å²) in [6, 6.07) is -0.463. The molecule has 0 aromatic carbocycles. The predicted octanol–water partition coefficient (Wildman–Crippen LogP) is 0.351. The van der Waals surface area contributed by atoms with E-state index in [1.54, 1.807) is 6.08 Å². The number of nitrogens with zero attached hydrogens (tertiary/aromatic N) is 1. The third-order valence-electron chi connectivity index (χ3n) is 3.23. The van der Waals surface area contributed by atoms with Crippen LogP contribution in [0.4, 0.5) is 4.79 Å². The van der Waals surface area contributed by atoms with Gasteiger partial charge in [-0.3, -0.25) is 15.0 Å². The van der Waals surface area contributed by atoms with Crippen LogP contribution in [0.5, 0.6) is 0 Å². The highest BCUT2D eigenvalue weighted by Gasteiger charge is 2.20. The van der Waals surface area contributed by atoms with E-state index >= 15 is 0 Å². The number of hydrogen-bond acceptors (Lipinski definition) is 4. The first-order valence-electron chi connectivity index (χ1n) is 6.71. The Bertz CT molecular complexity index is 317. The van der Waals surface area contributed by atoms with Crippen molar-refractivity contribution >= 4 is 24.3 Å². The van der Waals surface area contributed by atoms with Gasteiger partial charge in [0.25, 0.3) is 0 Å². The number of carbonyl (C=O) groups excluding carboxylic acids is 2. The van der Waals surface area contributed by atoms with E-state index in [2.05, 4.69) is 27.4 Å². The normalized spacial score (nSPS) is 16.1. The molecule has 0 aromatic heterocycles. The first-order chi connectivity index (χ1) is 9.15. The number of piperidine rings is 1. The Balaban J connectivity index is 0.00000361. The summed E-state index contributed by atoms with van der Waals surface area (Å²) in [6.07, 6.45) is 3.75.